The number of hydrogen-bond donors (Lipinski definition) is 5. The zero-order valence-corrected chi connectivity index (χ0v) is 19.0. The first-order valence-corrected chi connectivity index (χ1v) is 11.1. The predicted molar refractivity (Wildman–Crippen MR) is 123 cm³/mol. The first-order chi connectivity index (χ1) is 17.8. The summed E-state index contributed by atoms with van der Waals surface area (Å²) in [6.07, 6.45) is -12.7. The summed E-state index contributed by atoms with van der Waals surface area (Å²) in [6.45, 7) is 0. The fourth-order valence-electron chi connectivity index (χ4n) is 4.55. The van der Waals surface area contributed by atoms with Crippen molar-refractivity contribution < 1.29 is 46.1 Å². The maximum atomic E-state index is 13.3. The standard InChI is InChI=1S/C25H17F6N3O4/c26-24(27,28)11-2-4-17-13(7-11)15(9-33-17)20-19(22(37)34-23(20)38)14-8-32-16-3-1-10(5-12(14)16)6-18(35)21(36)25(29,30)31/h1-5,7-9,18,21,32-33,35-36H,6H2,(H,34,37,38). The number of aromatic amines is 2. The van der Waals surface area contributed by atoms with Gasteiger partial charge in [-0.05, 0) is 35.9 Å². The molecule has 0 bridgehead atoms. The maximum Gasteiger partial charge on any atom is 0.416 e. The molecule has 1 aliphatic heterocycles. The van der Waals surface area contributed by atoms with Crippen molar-refractivity contribution in [3.8, 4) is 0 Å². The molecular weight excluding hydrogens is 520 g/mol. The van der Waals surface area contributed by atoms with Gasteiger partial charge in [-0.2, -0.15) is 26.3 Å². The van der Waals surface area contributed by atoms with Crippen LogP contribution in [0.3, 0.4) is 0 Å². The van der Waals surface area contributed by atoms with E-state index in [9.17, 15) is 46.1 Å². The number of aromatic nitrogens is 2. The maximum absolute atomic E-state index is 13.3. The summed E-state index contributed by atoms with van der Waals surface area (Å²) in [5.41, 5.74) is -0.118. The molecule has 0 fully saturated rings. The van der Waals surface area contributed by atoms with E-state index in [2.05, 4.69) is 15.3 Å². The van der Waals surface area contributed by atoms with Gasteiger partial charge in [-0.15, -0.1) is 0 Å². The summed E-state index contributed by atoms with van der Waals surface area (Å²) >= 11 is 0. The number of carbonyl (C=O) groups excluding carboxylic acids is 2. The number of carbonyl (C=O) groups is 2. The highest BCUT2D eigenvalue weighted by atomic mass is 19.4. The van der Waals surface area contributed by atoms with Gasteiger partial charge in [0.1, 0.15) is 0 Å². The lowest BCUT2D eigenvalue weighted by atomic mass is 9.94. The zero-order chi connectivity index (χ0) is 27.6. The number of rotatable bonds is 5. The van der Waals surface area contributed by atoms with Gasteiger partial charge >= 0.3 is 12.4 Å². The number of alkyl halides is 6. The number of benzene rings is 2. The molecule has 1 aliphatic rings. The van der Waals surface area contributed by atoms with Gasteiger partial charge in [0.25, 0.3) is 11.8 Å². The lowest BCUT2D eigenvalue weighted by Gasteiger charge is -2.20. The molecule has 2 aromatic carbocycles. The van der Waals surface area contributed by atoms with Gasteiger partial charge in [0, 0.05) is 51.7 Å². The first-order valence-electron chi connectivity index (χ1n) is 11.1. The van der Waals surface area contributed by atoms with Crippen molar-refractivity contribution in [3.05, 3.63) is 71.0 Å². The number of imide groups is 1. The lowest BCUT2D eigenvalue weighted by Crippen LogP contribution is -2.40. The van der Waals surface area contributed by atoms with Crippen LogP contribution in [-0.4, -0.2) is 50.4 Å². The summed E-state index contributed by atoms with van der Waals surface area (Å²) in [7, 11) is 0. The Kier molecular flexibility index (Phi) is 5.87. The van der Waals surface area contributed by atoms with Crippen molar-refractivity contribution in [2.45, 2.75) is 31.0 Å². The smallest absolute Gasteiger partial charge is 0.390 e. The number of halogens is 6. The van der Waals surface area contributed by atoms with Gasteiger partial charge in [0.05, 0.1) is 22.8 Å². The van der Waals surface area contributed by atoms with Gasteiger partial charge in [-0.1, -0.05) is 6.07 Å². The van der Waals surface area contributed by atoms with Gasteiger partial charge in [0.2, 0.25) is 0 Å². The Hall–Kier alpha value is -4.10. The van der Waals surface area contributed by atoms with Crippen LogP contribution >= 0.6 is 0 Å². The Balaban J connectivity index is 1.64. The Morgan fingerprint density at radius 1 is 0.763 bits per heavy atom. The monoisotopic (exact) mass is 537 g/mol. The van der Waals surface area contributed by atoms with Crippen LogP contribution in [0.1, 0.15) is 22.3 Å². The van der Waals surface area contributed by atoms with Crippen LogP contribution in [0.5, 0.6) is 0 Å². The van der Waals surface area contributed by atoms with E-state index in [1.807, 2.05) is 0 Å². The molecule has 0 saturated heterocycles. The number of aliphatic hydroxyl groups excluding tert-OH is 2. The zero-order valence-electron chi connectivity index (χ0n) is 19.0. The van der Waals surface area contributed by atoms with Crippen LogP contribution in [0.4, 0.5) is 26.3 Å². The Labute approximate surface area is 208 Å². The average Bonchev–Trinajstić information content (AvgIpc) is 3.51. The molecule has 3 heterocycles. The van der Waals surface area contributed by atoms with Crippen LogP contribution in [0.25, 0.3) is 33.0 Å². The second-order valence-electron chi connectivity index (χ2n) is 8.83. The van der Waals surface area contributed by atoms with E-state index in [0.717, 1.165) is 12.1 Å². The number of fused-ring (bicyclic) bond motifs is 2. The molecule has 5 rings (SSSR count). The largest absolute Gasteiger partial charge is 0.416 e. The second-order valence-corrected chi connectivity index (χ2v) is 8.83. The minimum atomic E-state index is -5.03. The highest BCUT2D eigenvalue weighted by Gasteiger charge is 2.43. The Morgan fingerprint density at radius 3 is 1.82 bits per heavy atom. The molecule has 5 N–H and O–H groups in total. The van der Waals surface area contributed by atoms with Gasteiger partial charge in [-0.3, -0.25) is 14.9 Å². The fraction of sp³-hybridized carbons (Fsp3) is 0.200. The summed E-state index contributed by atoms with van der Waals surface area (Å²) in [5.74, 6) is -1.65. The van der Waals surface area contributed by atoms with E-state index < -0.39 is 48.4 Å². The van der Waals surface area contributed by atoms with Crippen LogP contribution < -0.4 is 5.32 Å². The van der Waals surface area contributed by atoms with Gasteiger partial charge in [0.15, 0.2) is 6.10 Å². The lowest BCUT2D eigenvalue weighted by molar-refractivity contribution is -0.229. The molecule has 2 unspecified atom stereocenters. The highest BCUT2D eigenvalue weighted by Crippen LogP contribution is 2.39. The van der Waals surface area contributed by atoms with E-state index in [0.29, 0.717) is 16.4 Å². The summed E-state index contributed by atoms with van der Waals surface area (Å²) in [4.78, 5) is 31.4. The van der Waals surface area contributed by atoms with Gasteiger partial charge < -0.3 is 20.2 Å². The number of H-pyrrole nitrogens is 2. The molecule has 7 nitrogen and oxygen atoms in total. The predicted octanol–water partition coefficient (Wildman–Crippen LogP) is 4.06. The fourth-order valence-corrected chi connectivity index (χ4v) is 4.55. The number of amides is 2. The number of nitrogens with one attached hydrogen (secondary N) is 3. The number of hydrogen-bond acceptors (Lipinski definition) is 4. The van der Waals surface area contributed by atoms with Crippen LogP contribution in [0.15, 0.2) is 48.8 Å². The van der Waals surface area contributed by atoms with Crippen LogP contribution in [0.2, 0.25) is 0 Å². The van der Waals surface area contributed by atoms with Crippen molar-refractivity contribution >= 4 is 44.8 Å². The minimum Gasteiger partial charge on any atom is -0.390 e. The van der Waals surface area contributed by atoms with Crippen LogP contribution in [-0.2, 0) is 22.2 Å². The third-order valence-corrected chi connectivity index (χ3v) is 6.37. The van der Waals surface area contributed by atoms with E-state index >= 15 is 0 Å². The van der Waals surface area contributed by atoms with E-state index in [4.69, 9.17) is 0 Å². The van der Waals surface area contributed by atoms with Crippen molar-refractivity contribution in [2.75, 3.05) is 0 Å². The number of aliphatic hydroxyl groups is 2. The minimum absolute atomic E-state index is 0.0543. The average molecular weight is 537 g/mol. The Bertz CT molecular complexity index is 1630. The first kappa shape index (κ1) is 25.5. The van der Waals surface area contributed by atoms with E-state index in [1.165, 1.54) is 36.7 Å². The molecule has 0 aliphatic carbocycles. The quantitative estimate of drug-likeness (QED) is 0.195. The summed E-state index contributed by atoms with van der Waals surface area (Å²) in [6, 6.07) is 7.24. The molecule has 2 aromatic heterocycles. The molecule has 38 heavy (non-hydrogen) atoms. The van der Waals surface area contributed by atoms with E-state index in [-0.39, 0.29) is 33.2 Å². The second kappa shape index (κ2) is 8.74. The summed E-state index contributed by atoms with van der Waals surface area (Å²) < 4.78 is 78.3. The molecular formula is C25H17F6N3O4. The van der Waals surface area contributed by atoms with E-state index in [1.54, 1.807) is 0 Å². The van der Waals surface area contributed by atoms with Crippen molar-refractivity contribution in [3.63, 3.8) is 0 Å². The third-order valence-electron chi connectivity index (χ3n) is 6.37. The molecule has 13 heteroatoms. The SMILES string of the molecule is O=C1NC(=O)C(c2c[nH]c3ccc(C(F)(F)F)cc23)=C1c1c[nH]c2ccc(CC(O)C(O)C(F)(F)F)cc12. The van der Waals surface area contributed by atoms with Crippen molar-refractivity contribution in [1.82, 2.24) is 15.3 Å². The molecule has 0 radical (unpaired) electrons. The highest BCUT2D eigenvalue weighted by molar-refractivity contribution is 6.50. The molecule has 0 spiro atoms. The molecule has 2 atom stereocenters. The molecule has 4 aromatic rings. The topological polar surface area (TPSA) is 118 Å². The normalized spacial score (nSPS) is 16.5. The van der Waals surface area contributed by atoms with Crippen molar-refractivity contribution in [2.24, 2.45) is 0 Å². The van der Waals surface area contributed by atoms with Crippen molar-refractivity contribution in [1.29, 1.82) is 0 Å². The molecule has 0 saturated carbocycles. The summed E-state index contributed by atoms with van der Waals surface area (Å²) in [5, 5.41) is 21.7. The Morgan fingerprint density at radius 2 is 1.29 bits per heavy atom. The van der Waals surface area contributed by atoms with Gasteiger partial charge in [-0.25, -0.2) is 0 Å². The molecule has 198 valence electrons. The third kappa shape index (κ3) is 4.33. The van der Waals surface area contributed by atoms with Crippen LogP contribution in [0, 0.1) is 0 Å². The molecule has 2 amide bonds.